The minimum atomic E-state index is 1.25. The van der Waals surface area contributed by atoms with Gasteiger partial charge < -0.3 is 4.90 Å². The van der Waals surface area contributed by atoms with E-state index >= 15 is 0 Å². The van der Waals surface area contributed by atoms with Gasteiger partial charge in [-0.1, -0.05) is 59.3 Å². The molecule has 0 rings (SSSR count). The van der Waals surface area contributed by atoms with Crippen molar-refractivity contribution < 1.29 is 0 Å². The second-order valence-corrected chi connectivity index (χ2v) is 4.28. The van der Waals surface area contributed by atoms with Crippen molar-refractivity contribution in [3.05, 3.63) is 0 Å². The molecule has 0 amide bonds. The van der Waals surface area contributed by atoms with Crippen LogP contribution >= 0.6 is 0 Å². The topological polar surface area (TPSA) is 3.24 Å². The summed E-state index contributed by atoms with van der Waals surface area (Å²) in [5, 5.41) is 0. The maximum Gasteiger partial charge on any atom is -0.00248 e. The van der Waals surface area contributed by atoms with Gasteiger partial charge in [-0.05, 0) is 27.1 Å². The van der Waals surface area contributed by atoms with Gasteiger partial charge in [-0.15, -0.1) is 0 Å². The Labute approximate surface area is 91.9 Å². The van der Waals surface area contributed by atoms with Crippen LogP contribution in [-0.2, 0) is 0 Å². The zero-order valence-electron chi connectivity index (χ0n) is 11.1. The van der Waals surface area contributed by atoms with Crippen LogP contribution < -0.4 is 0 Å². The van der Waals surface area contributed by atoms with Crippen LogP contribution in [0.15, 0.2) is 0 Å². The second kappa shape index (κ2) is 15.4. The lowest BCUT2D eigenvalue weighted by molar-refractivity contribution is 0.389. The quantitative estimate of drug-likeness (QED) is 0.554. The molecule has 0 N–H and O–H groups in total. The molecule has 0 bridgehead atoms. The molecule has 0 fully saturated rings. The summed E-state index contributed by atoms with van der Waals surface area (Å²) in [6.45, 7) is 7.77. The van der Waals surface area contributed by atoms with Crippen LogP contribution in [0.5, 0.6) is 0 Å². The zero-order valence-corrected chi connectivity index (χ0v) is 11.1. The molecule has 0 aromatic carbocycles. The van der Waals surface area contributed by atoms with Crippen molar-refractivity contribution >= 4 is 0 Å². The van der Waals surface area contributed by atoms with Gasteiger partial charge in [0.15, 0.2) is 0 Å². The molecular weight excluding hydrogens is 170 g/mol. The van der Waals surface area contributed by atoms with Crippen molar-refractivity contribution in [2.24, 2.45) is 0 Å². The smallest absolute Gasteiger partial charge is 0.00248 e. The zero-order chi connectivity index (χ0) is 11.2. The summed E-state index contributed by atoms with van der Waals surface area (Å²) in [5.74, 6) is 0. The number of unbranched alkanes of at least 4 members (excludes halogenated alkanes) is 5. The van der Waals surface area contributed by atoms with Crippen LogP contribution in [-0.4, -0.2) is 25.5 Å². The molecular formula is C13H31N. The summed E-state index contributed by atoms with van der Waals surface area (Å²) >= 11 is 0. The van der Waals surface area contributed by atoms with E-state index in [4.69, 9.17) is 0 Å². The van der Waals surface area contributed by atoms with E-state index < -0.39 is 0 Å². The third-order valence-electron chi connectivity index (χ3n) is 1.96. The van der Waals surface area contributed by atoms with Crippen molar-refractivity contribution in [3.63, 3.8) is 0 Å². The summed E-state index contributed by atoms with van der Waals surface area (Å²) in [5.41, 5.74) is 0. The van der Waals surface area contributed by atoms with Crippen molar-refractivity contribution in [2.75, 3.05) is 20.6 Å². The summed E-state index contributed by atoms with van der Waals surface area (Å²) < 4.78 is 0. The maximum atomic E-state index is 2.26. The average molecular weight is 201 g/mol. The first-order valence-corrected chi connectivity index (χ1v) is 6.33. The Morgan fingerprint density at radius 3 is 1.57 bits per heavy atom. The van der Waals surface area contributed by atoms with E-state index in [-0.39, 0.29) is 0 Å². The van der Waals surface area contributed by atoms with Crippen molar-refractivity contribution in [1.82, 2.24) is 4.90 Å². The average Bonchev–Trinajstić information content (AvgIpc) is 2.12. The first-order valence-electron chi connectivity index (χ1n) is 6.33. The van der Waals surface area contributed by atoms with Crippen LogP contribution in [0.25, 0.3) is 0 Å². The lowest BCUT2D eigenvalue weighted by atomic mass is 10.1. The van der Waals surface area contributed by atoms with Crippen LogP contribution in [0.2, 0.25) is 0 Å². The first-order chi connectivity index (χ1) is 6.68. The molecule has 0 aliphatic heterocycles. The lowest BCUT2D eigenvalue weighted by Crippen LogP contribution is -2.12. The summed E-state index contributed by atoms with van der Waals surface area (Å²) in [6.07, 6.45) is 9.68. The van der Waals surface area contributed by atoms with Gasteiger partial charge in [0.05, 0.1) is 0 Å². The van der Waals surface area contributed by atoms with E-state index in [1.807, 2.05) is 0 Å². The molecule has 0 atom stereocenters. The van der Waals surface area contributed by atoms with Crippen molar-refractivity contribution in [1.29, 1.82) is 0 Å². The molecule has 0 aliphatic rings. The van der Waals surface area contributed by atoms with E-state index in [1.54, 1.807) is 0 Å². The van der Waals surface area contributed by atoms with Gasteiger partial charge in [0.25, 0.3) is 0 Å². The monoisotopic (exact) mass is 201 g/mol. The molecule has 0 spiro atoms. The van der Waals surface area contributed by atoms with E-state index in [0.29, 0.717) is 0 Å². The fraction of sp³-hybridized carbons (Fsp3) is 1.00. The van der Waals surface area contributed by atoms with Gasteiger partial charge in [0.2, 0.25) is 0 Å². The Morgan fingerprint density at radius 2 is 1.14 bits per heavy atom. The largest absolute Gasteiger partial charge is 0.309 e. The lowest BCUT2D eigenvalue weighted by Gasteiger charge is -2.08. The Morgan fingerprint density at radius 1 is 0.714 bits per heavy atom. The summed E-state index contributed by atoms with van der Waals surface area (Å²) in [7, 11) is 4.29. The fourth-order valence-electron chi connectivity index (χ4n) is 1.21. The number of hydrogen-bond acceptors (Lipinski definition) is 1. The van der Waals surface area contributed by atoms with Gasteiger partial charge >= 0.3 is 0 Å². The predicted octanol–water partition coefficient (Wildman–Crippen LogP) is 4.32. The summed E-state index contributed by atoms with van der Waals surface area (Å²) in [6, 6.07) is 0. The third kappa shape index (κ3) is 22.7. The SMILES string of the molecule is CCC.CCCCCCCCN(C)C. The minimum absolute atomic E-state index is 1.25. The third-order valence-corrected chi connectivity index (χ3v) is 1.96. The van der Waals surface area contributed by atoms with E-state index in [2.05, 4.69) is 39.8 Å². The van der Waals surface area contributed by atoms with Crippen LogP contribution in [0.1, 0.15) is 65.7 Å². The highest BCUT2D eigenvalue weighted by molar-refractivity contribution is 4.46. The molecule has 1 heteroatoms. The Kier molecular flexibility index (Phi) is 18.1. The second-order valence-electron chi connectivity index (χ2n) is 4.28. The van der Waals surface area contributed by atoms with Crippen LogP contribution in [0, 0.1) is 0 Å². The van der Waals surface area contributed by atoms with Gasteiger partial charge in [0.1, 0.15) is 0 Å². The highest BCUT2D eigenvalue weighted by Crippen LogP contribution is 2.04. The summed E-state index contributed by atoms with van der Waals surface area (Å²) in [4.78, 5) is 2.26. The van der Waals surface area contributed by atoms with Crippen molar-refractivity contribution in [3.8, 4) is 0 Å². The maximum absolute atomic E-state index is 2.26. The van der Waals surface area contributed by atoms with Gasteiger partial charge in [-0.3, -0.25) is 0 Å². The Balaban J connectivity index is 0. The highest BCUT2D eigenvalue weighted by Gasteiger charge is 1.90. The first kappa shape index (κ1) is 16.4. The van der Waals surface area contributed by atoms with E-state index in [9.17, 15) is 0 Å². The molecule has 0 heterocycles. The molecule has 0 radical (unpaired) electrons. The molecule has 0 unspecified atom stereocenters. The minimum Gasteiger partial charge on any atom is -0.309 e. The Bertz CT molecular complexity index is 79.3. The standard InChI is InChI=1S/C10H23N.C3H8/c1-4-5-6-7-8-9-10-11(2)3;1-3-2/h4-10H2,1-3H3;3H2,1-2H3. The van der Waals surface area contributed by atoms with Crippen molar-refractivity contribution in [2.45, 2.75) is 65.7 Å². The number of rotatable bonds is 7. The molecule has 0 aromatic rings. The van der Waals surface area contributed by atoms with E-state index in [1.165, 1.54) is 51.5 Å². The molecule has 88 valence electrons. The normalized spacial score (nSPS) is 9.86. The Hall–Kier alpha value is -0.0400. The van der Waals surface area contributed by atoms with Crippen LogP contribution in [0.4, 0.5) is 0 Å². The van der Waals surface area contributed by atoms with Gasteiger partial charge in [-0.25, -0.2) is 0 Å². The van der Waals surface area contributed by atoms with Gasteiger partial charge in [-0.2, -0.15) is 0 Å². The number of hydrogen-bond donors (Lipinski definition) is 0. The molecule has 0 saturated heterocycles. The fourth-order valence-corrected chi connectivity index (χ4v) is 1.21. The molecule has 0 aromatic heterocycles. The molecule has 0 saturated carbocycles. The van der Waals surface area contributed by atoms with E-state index in [0.717, 1.165) is 0 Å². The van der Waals surface area contributed by atoms with Crippen LogP contribution in [0.3, 0.4) is 0 Å². The highest BCUT2D eigenvalue weighted by atomic mass is 15.0. The number of nitrogens with zero attached hydrogens (tertiary/aromatic N) is 1. The molecule has 1 nitrogen and oxygen atoms in total. The predicted molar refractivity (Wildman–Crippen MR) is 67.9 cm³/mol. The molecule has 0 aliphatic carbocycles. The van der Waals surface area contributed by atoms with Gasteiger partial charge in [0, 0.05) is 0 Å². The molecule has 14 heavy (non-hydrogen) atoms.